The molecule has 0 fully saturated rings. The summed E-state index contributed by atoms with van der Waals surface area (Å²) in [6.07, 6.45) is 0. The third kappa shape index (κ3) is 2.33. The monoisotopic (exact) mass is 230 g/mol. The molecule has 1 aromatic heterocycles. The SMILES string of the molecule is COc1cc(-c2nc(C)nc(C)n2)ccc1N. The molecule has 5 heteroatoms. The van der Waals surface area contributed by atoms with E-state index in [0.29, 0.717) is 28.9 Å². The number of benzene rings is 1. The van der Waals surface area contributed by atoms with Crippen molar-refractivity contribution in [1.29, 1.82) is 0 Å². The lowest BCUT2D eigenvalue weighted by Crippen LogP contribution is -1.99. The van der Waals surface area contributed by atoms with E-state index in [-0.39, 0.29) is 0 Å². The zero-order chi connectivity index (χ0) is 12.4. The molecule has 2 rings (SSSR count). The molecule has 0 radical (unpaired) electrons. The van der Waals surface area contributed by atoms with Crippen molar-refractivity contribution in [1.82, 2.24) is 15.0 Å². The van der Waals surface area contributed by atoms with Crippen molar-refractivity contribution < 1.29 is 4.74 Å². The van der Waals surface area contributed by atoms with E-state index in [0.717, 1.165) is 5.56 Å². The molecule has 0 bridgehead atoms. The highest BCUT2D eigenvalue weighted by molar-refractivity contribution is 5.65. The van der Waals surface area contributed by atoms with Crippen LogP contribution in [0.25, 0.3) is 11.4 Å². The Morgan fingerprint density at radius 3 is 2.29 bits per heavy atom. The van der Waals surface area contributed by atoms with Gasteiger partial charge in [0.25, 0.3) is 0 Å². The summed E-state index contributed by atoms with van der Waals surface area (Å²) >= 11 is 0. The van der Waals surface area contributed by atoms with Gasteiger partial charge in [0.1, 0.15) is 17.4 Å². The number of rotatable bonds is 2. The molecule has 0 aliphatic rings. The quantitative estimate of drug-likeness (QED) is 0.795. The van der Waals surface area contributed by atoms with Crippen molar-refractivity contribution in [3.05, 3.63) is 29.8 Å². The van der Waals surface area contributed by atoms with Gasteiger partial charge in [0.05, 0.1) is 12.8 Å². The number of ether oxygens (including phenoxy) is 1. The minimum absolute atomic E-state index is 0.596. The van der Waals surface area contributed by atoms with E-state index >= 15 is 0 Å². The van der Waals surface area contributed by atoms with Crippen molar-refractivity contribution in [2.24, 2.45) is 0 Å². The second-order valence-corrected chi connectivity index (χ2v) is 3.71. The molecule has 0 aliphatic carbocycles. The lowest BCUT2D eigenvalue weighted by atomic mass is 10.2. The summed E-state index contributed by atoms with van der Waals surface area (Å²) < 4.78 is 5.17. The van der Waals surface area contributed by atoms with Gasteiger partial charge in [-0.1, -0.05) is 0 Å². The Morgan fingerprint density at radius 1 is 1.06 bits per heavy atom. The van der Waals surface area contributed by atoms with Crippen molar-refractivity contribution >= 4 is 5.69 Å². The summed E-state index contributed by atoms with van der Waals surface area (Å²) in [6.45, 7) is 3.68. The second kappa shape index (κ2) is 4.37. The van der Waals surface area contributed by atoms with Crippen LogP contribution >= 0.6 is 0 Å². The number of methoxy groups -OCH3 is 1. The second-order valence-electron chi connectivity index (χ2n) is 3.71. The molecule has 0 spiro atoms. The highest BCUT2D eigenvalue weighted by Gasteiger charge is 2.07. The minimum Gasteiger partial charge on any atom is -0.495 e. The first-order chi connectivity index (χ1) is 8.10. The van der Waals surface area contributed by atoms with Gasteiger partial charge in [-0.05, 0) is 32.0 Å². The minimum atomic E-state index is 0.596. The molecule has 17 heavy (non-hydrogen) atoms. The summed E-state index contributed by atoms with van der Waals surface area (Å²) in [5.41, 5.74) is 7.22. The Kier molecular flexibility index (Phi) is 2.91. The largest absolute Gasteiger partial charge is 0.495 e. The summed E-state index contributed by atoms with van der Waals surface area (Å²) in [6, 6.07) is 5.47. The van der Waals surface area contributed by atoms with E-state index in [4.69, 9.17) is 10.5 Å². The van der Waals surface area contributed by atoms with Crippen LogP contribution in [0.3, 0.4) is 0 Å². The van der Waals surface area contributed by atoms with Crippen LogP contribution in [-0.4, -0.2) is 22.1 Å². The van der Waals surface area contributed by atoms with Gasteiger partial charge >= 0.3 is 0 Å². The Bertz CT molecular complexity index is 534. The van der Waals surface area contributed by atoms with Crippen LogP contribution in [0.4, 0.5) is 5.69 Å². The lowest BCUT2D eigenvalue weighted by molar-refractivity contribution is 0.417. The van der Waals surface area contributed by atoms with Crippen molar-refractivity contribution in [3.63, 3.8) is 0 Å². The molecule has 2 aromatic rings. The normalized spacial score (nSPS) is 10.3. The summed E-state index contributed by atoms with van der Waals surface area (Å²) in [4.78, 5) is 12.7. The van der Waals surface area contributed by atoms with Crippen LogP contribution in [0, 0.1) is 13.8 Å². The molecule has 88 valence electrons. The van der Waals surface area contributed by atoms with Crippen molar-refractivity contribution in [3.8, 4) is 17.1 Å². The summed E-state index contributed by atoms with van der Waals surface area (Å²) in [5, 5.41) is 0. The van der Waals surface area contributed by atoms with Gasteiger partial charge in [-0.2, -0.15) is 0 Å². The summed E-state index contributed by atoms with van der Waals surface area (Å²) in [7, 11) is 1.58. The maximum Gasteiger partial charge on any atom is 0.163 e. The Morgan fingerprint density at radius 2 is 1.71 bits per heavy atom. The van der Waals surface area contributed by atoms with Crippen LogP contribution < -0.4 is 10.5 Å². The molecular formula is C12H14N4O. The van der Waals surface area contributed by atoms with E-state index in [2.05, 4.69) is 15.0 Å². The van der Waals surface area contributed by atoms with Gasteiger partial charge in [-0.3, -0.25) is 0 Å². The third-order valence-electron chi connectivity index (χ3n) is 2.35. The highest BCUT2D eigenvalue weighted by Crippen LogP contribution is 2.26. The number of nitrogens with two attached hydrogens (primary N) is 1. The van der Waals surface area contributed by atoms with Gasteiger partial charge in [-0.25, -0.2) is 15.0 Å². The smallest absolute Gasteiger partial charge is 0.163 e. The molecule has 0 aliphatic heterocycles. The van der Waals surface area contributed by atoms with Crippen LogP contribution in [0.2, 0.25) is 0 Å². The number of aromatic nitrogens is 3. The van der Waals surface area contributed by atoms with Crippen LogP contribution in [0.1, 0.15) is 11.6 Å². The van der Waals surface area contributed by atoms with Crippen molar-refractivity contribution in [2.75, 3.05) is 12.8 Å². The number of hydrogen-bond acceptors (Lipinski definition) is 5. The number of nitrogen functional groups attached to an aromatic ring is 1. The predicted octanol–water partition coefficient (Wildman–Crippen LogP) is 1.75. The fourth-order valence-corrected chi connectivity index (χ4v) is 1.60. The molecule has 0 amide bonds. The van der Waals surface area contributed by atoms with Crippen LogP contribution in [0.15, 0.2) is 18.2 Å². The average Bonchev–Trinajstić information content (AvgIpc) is 2.28. The number of anilines is 1. The molecule has 5 nitrogen and oxygen atoms in total. The molecule has 0 saturated heterocycles. The first kappa shape index (κ1) is 11.3. The topological polar surface area (TPSA) is 73.9 Å². The highest BCUT2D eigenvalue weighted by atomic mass is 16.5. The first-order valence-corrected chi connectivity index (χ1v) is 5.23. The van der Waals surface area contributed by atoms with Gasteiger partial charge in [0, 0.05) is 5.56 Å². The fraction of sp³-hybridized carbons (Fsp3) is 0.250. The Labute approximate surface area is 99.7 Å². The molecule has 0 unspecified atom stereocenters. The zero-order valence-corrected chi connectivity index (χ0v) is 10.1. The molecular weight excluding hydrogens is 216 g/mol. The average molecular weight is 230 g/mol. The molecule has 0 saturated carbocycles. The Balaban J connectivity index is 2.52. The van der Waals surface area contributed by atoms with Gasteiger partial charge in [-0.15, -0.1) is 0 Å². The molecule has 0 atom stereocenters. The maximum absolute atomic E-state index is 5.76. The van der Waals surface area contributed by atoms with Gasteiger partial charge in [0.15, 0.2) is 5.82 Å². The number of hydrogen-bond donors (Lipinski definition) is 1. The molecule has 2 N–H and O–H groups in total. The predicted molar refractivity (Wildman–Crippen MR) is 65.7 cm³/mol. The van der Waals surface area contributed by atoms with Crippen molar-refractivity contribution in [2.45, 2.75) is 13.8 Å². The van der Waals surface area contributed by atoms with Gasteiger partial charge in [0.2, 0.25) is 0 Å². The van der Waals surface area contributed by atoms with E-state index < -0.39 is 0 Å². The standard InChI is InChI=1S/C12H14N4O/c1-7-14-8(2)16-12(15-7)9-4-5-10(13)11(6-9)17-3/h4-6H,13H2,1-3H3. The Hall–Kier alpha value is -2.17. The maximum atomic E-state index is 5.76. The first-order valence-electron chi connectivity index (χ1n) is 5.23. The van der Waals surface area contributed by atoms with Gasteiger partial charge < -0.3 is 10.5 Å². The molecule has 1 heterocycles. The van der Waals surface area contributed by atoms with E-state index in [9.17, 15) is 0 Å². The van der Waals surface area contributed by atoms with Crippen LogP contribution in [-0.2, 0) is 0 Å². The zero-order valence-electron chi connectivity index (χ0n) is 10.1. The molecule has 1 aromatic carbocycles. The number of aryl methyl sites for hydroxylation is 2. The number of nitrogens with zero attached hydrogens (tertiary/aromatic N) is 3. The fourth-order valence-electron chi connectivity index (χ4n) is 1.60. The third-order valence-corrected chi connectivity index (χ3v) is 2.35. The lowest BCUT2D eigenvalue weighted by Gasteiger charge is -2.07. The van der Waals surface area contributed by atoms with E-state index in [1.54, 1.807) is 13.2 Å². The van der Waals surface area contributed by atoms with E-state index in [1.165, 1.54) is 0 Å². The van der Waals surface area contributed by atoms with Crippen LogP contribution in [0.5, 0.6) is 5.75 Å². The summed E-state index contributed by atoms with van der Waals surface area (Å²) in [5.74, 6) is 2.65. The van der Waals surface area contributed by atoms with E-state index in [1.807, 2.05) is 26.0 Å².